The largest absolute Gasteiger partial charge is 0.205 e. The minimum absolute atomic E-state index is 0.169. The normalized spacial score (nSPS) is 12.1. The molecule has 0 radical (unpaired) electrons. The number of halogens is 2. The second kappa shape index (κ2) is 10.4. The van der Waals surface area contributed by atoms with Gasteiger partial charge in [0.05, 0.1) is 9.75 Å². The SMILES string of the molecule is Fc1cc(-c2cc3ccccc3s2)sc1-c1cc2cc3cc4sc(-c5sc(-c6cc7ccccc7s6)cc5F)cc4cc3cc2s1. The predicted molar refractivity (Wildman–Crippen MR) is 203 cm³/mol. The van der Waals surface area contributed by atoms with E-state index in [1.807, 2.05) is 24.3 Å². The molecular weight excluding hydrogens is 687 g/mol. The molecule has 46 heavy (non-hydrogen) atoms. The van der Waals surface area contributed by atoms with Gasteiger partial charge in [-0.2, -0.15) is 0 Å². The van der Waals surface area contributed by atoms with Crippen LogP contribution >= 0.6 is 68.0 Å². The molecule has 6 heterocycles. The summed E-state index contributed by atoms with van der Waals surface area (Å²) >= 11 is 9.73. The first-order valence-corrected chi connectivity index (χ1v) is 19.4. The monoisotopic (exact) mass is 704 g/mol. The number of thiophene rings is 6. The summed E-state index contributed by atoms with van der Waals surface area (Å²) in [4.78, 5) is 7.41. The Morgan fingerprint density at radius 3 is 1.15 bits per heavy atom. The van der Waals surface area contributed by atoms with Crippen molar-refractivity contribution in [3.63, 3.8) is 0 Å². The van der Waals surface area contributed by atoms with Crippen LogP contribution in [0.5, 0.6) is 0 Å². The van der Waals surface area contributed by atoms with Gasteiger partial charge in [-0.15, -0.1) is 68.0 Å². The second-order valence-corrected chi connectivity index (χ2v) is 17.7. The highest BCUT2D eigenvalue weighted by molar-refractivity contribution is 7.30. The van der Waals surface area contributed by atoms with Crippen molar-refractivity contribution in [2.24, 2.45) is 0 Å². The summed E-state index contributed by atoms with van der Waals surface area (Å²) in [5.74, 6) is -0.337. The summed E-state index contributed by atoms with van der Waals surface area (Å²) in [6.45, 7) is 0. The molecule has 0 aliphatic heterocycles. The Labute approximate surface area is 285 Å². The van der Waals surface area contributed by atoms with E-state index >= 15 is 8.78 Å². The van der Waals surface area contributed by atoms with Crippen LogP contribution in [0, 0.1) is 11.6 Å². The van der Waals surface area contributed by atoms with E-state index in [4.69, 9.17) is 0 Å². The molecule has 8 heteroatoms. The van der Waals surface area contributed by atoms with E-state index in [2.05, 4.69) is 72.8 Å². The summed E-state index contributed by atoms with van der Waals surface area (Å²) < 4.78 is 35.4. The van der Waals surface area contributed by atoms with Crippen molar-refractivity contribution < 1.29 is 8.78 Å². The Morgan fingerprint density at radius 1 is 0.304 bits per heavy atom. The van der Waals surface area contributed by atoms with Crippen molar-refractivity contribution in [3.05, 3.63) is 121 Å². The lowest BCUT2D eigenvalue weighted by molar-refractivity contribution is 0.636. The Kier molecular flexibility index (Phi) is 6.17. The van der Waals surface area contributed by atoms with Gasteiger partial charge in [0.15, 0.2) is 0 Å². The number of rotatable bonds is 4. The van der Waals surface area contributed by atoms with Gasteiger partial charge in [-0.3, -0.25) is 0 Å². The van der Waals surface area contributed by atoms with Gasteiger partial charge >= 0.3 is 0 Å². The van der Waals surface area contributed by atoms with Crippen molar-refractivity contribution in [1.29, 1.82) is 0 Å². The number of hydrogen-bond acceptors (Lipinski definition) is 6. The molecule has 0 bridgehead atoms. The van der Waals surface area contributed by atoms with Gasteiger partial charge in [0.25, 0.3) is 0 Å². The lowest BCUT2D eigenvalue weighted by Gasteiger charge is -1.99. The molecule has 0 atom stereocenters. The zero-order valence-electron chi connectivity index (χ0n) is 23.6. The maximum atomic E-state index is 15.3. The van der Waals surface area contributed by atoms with E-state index in [0.717, 1.165) is 60.2 Å². The number of hydrogen-bond donors (Lipinski definition) is 0. The van der Waals surface area contributed by atoms with Gasteiger partial charge in [0.1, 0.15) is 11.6 Å². The molecule has 0 amide bonds. The first kappa shape index (κ1) is 27.4. The highest BCUT2D eigenvalue weighted by atomic mass is 32.1. The molecule has 10 aromatic rings. The molecule has 0 fully saturated rings. The Morgan fingerprint density at radius 2 is 0.696 bits per heavy atom. The summed E-state index contributed by atoms with van der Waals surface area (Å²) in [5.41, 5.74) is 0. The highest BCUT2D eigenvalue weighted by Gasteiger charge is 2.19. The lowest BCUT2D eigenvalue weighted by atomic mass is 10.1. The van der Waals surface area contributed by atoms with E-state index in [1.165, 1.54) is 42.8 Å². The second-order valence-electron chi connectivity index (χ2n) is 11.2. The molecule has 0 unspecified atom stereocenters. The maximum absolute atomic E-state index is 15.3. The smallest absolute Gasteiger partial charge is 0.143 e. The molecule has 4 aromatic carbocycles. The fourth-order valence-corrected chi connectivity index (χ4v) is 12.8. The van der Waals surface area contributed by atoms with Crippen LogP contribution in [0.1, 0.15) is 0 Å². The zero-order valence-corrected chi connectivity index (χ0v) is 28.5. The van der Waals surface area contributed by atoms with Gasteiger partial charge < -0.3 is 0 Å². The standard InChI is InChI=1S/C38H18F2S6/c39-25-17-33(31-11-19-5-1-3-7-27(19)41-31)45-37(25)35-15-23-9-21-14-30-24(10-22(21)13-29(23)43-35)16-36(44-30)38-26(40)18-34(46-38)32-12-20-6-2-4-8-28(20)42-32/h1-18H. The average Bonchev–Trinajstić information content (AvgIpc) is 3.89. The fraction of sp³-hybridized carbons (Fsp3) is 0. The van der Waals surface area contributed by atoms with Crippen LogP contribution in [0.4, 0.5) is 8.78 Å². The average molecular weight is 705 g/mol. The molecule has 6 aromatic heterocycles. The first-order valence-electron chi connectivity index (χ1n) is 14.5. The van der Waals surface area contributed by atoms with Crippen LogP contribution in [0.25, 0.3) is 90.1 Å². The summed E-state index contributed by atoms with van der Waals surface area (Å²) in [6.07, 6.45) is 0. The number of benzene rings is 4. The van der Waals surface area contributed by atoms with Crippen LogP contribution in [0.15, 0.2) is 109 Å². The van der Waals surface area contributed by atoms with Gasteiger partial charge in [-0.05, 0) is 105 Å². The molecule has 0 saturated heterocycles. The minimum Gasteiger partial charge on any atom is -0.205 e. The third-order valence-electron chi connectivity index (χ3n) is 8.27. The Hall–Kier alpha value is -3.76. The zero-order chi connectivity index (χ0) is 30.5. The van der Waals surface area contributed by atoms with E-state index < -0.39 is 0 Å². The highest BCUT2D eigenvalue weighted by Crippen LogP contribution is 2.47. The third-order valence-corrected chi connectivity index (χ3v) is 15.7. The summed E-state index contributed by atoms with van der Waals surface area (Å²) in [6, 6.07) is 37.3. The molecule has 0 spiro atoms. The molecule has 0 aliphatic rings. The van der Waals surface area contributed by atoms with Crippen LogP contribution in [0.3, 0.4) is 0 Å². The van der Waals surface area contributed by atoms with E-state index in [9.17, 15) is 0 Å². The lowest BCUT2D eigenvalue weighted by Crippen LogP contribution is -1.72. The third kappa shape index (κ3) is 4.43. The Bertz CT molecular complexity index is 2470. The summed E-state index contributed by atoms with van der Waals surface area (Å²) in [7, 11) is 0. The van der Waals surface area contributed by atoms with Crippen LogP contribution in [-0.4, -0.2) is 0 Å². The molecule has 0 aliphatic carbocycles. The fourth-order valence-electron chi connectivity index (χ4n) is 6.07. The van der Waals surface area contributed by atoms with Crippen molar-refractivity contribution in [1.82, 2.24) is 0 Å². The van der Waals surface area contributed by atoms with E-state index in [0.29, 0.717) is 9.75 Å². The maximum Gasteiger partial charge on any atom is 0.143 e. The van der Waals surface area contributed by atoms with Crippen molar-refractivity contribution >= 4 is 119 Å². The van der Waals surface area contributed by atoms with E-state index in [-0.39, 0.29) is 11.6 Å². The summed E-state index contributed by atoms with van der Waals surface area (Å²) in [5, 5.41) is 6.86. The molecule has 0 saturated carbocycles. The van der Waals surface area contributed by atoms with Crippen molar-refractivity contribution in [2.45, 2.75) is 0 Å². The van der Waals surface area contributed by atoms with Gasteiger partial charge in [-0.1, -0.05) is 36.4 Å². The molecule has 0 nitrogen and oxygen atoms in total. The van der Waals surface area contributed by atoms with Crippen LogP contribution in [-0.2, 0) is 0 Å². The van der Waals surface area contributed by atoms with Crippen LogP contribution in [0.2, 0.25) is 0 Å². The molecule has 0 N–H and O–H groups in total. The Balaban J connectivity index is 1.00. The topological polar surface area (TPSA) is 0 Å². The molecule has 10 rings (SSSR count). The van der Waals surface area contributed by atoms with Crippen molar-refractivity contribution in [3.8, 4) is 39.0 Å². The quantitative estimate of drug-likeness (QED) is 0.171. The minimum atomic E-state index is -0.169. The van der Waals surface area contributed by atoms with Crippen molar-refractivity contribution in [2.75, 3.05) is 0 Å². The first-order chi connectivity index (χ1) is 22.5. The van der Waals surface area contributed by atoms with Crippen LogP contribution < -0.4 is 0 Å². The van der Waals surface area contributed by atoms with Gasteiger partial charge in [0.2, 0.25) is 0 Å². The van der Waals surface area contributed by atoms with Gasteiger partial charge in [0, 0.05) is 48.1 Å². The van der Waals surface area contributed by atoms with Gasteiger partial charge in [-0.25, -0.2) is 8.78 Å². The predicted octanol–water partition coefficient (Wildman–Crippen LogP) is 14.8. The molecule has 220 valence electrons. The number of fused-ring (bicyclic) bond motifs is 5. The molecular formula is C38H18F2S6. The van der Waals surface area contributed by atoms with E-state index in [1.54, 1.807) is 57.5 Å².